The van der Waals surface area contributed by atoms with Gasteiger partial charge in [0.15, 0.2) is 0 Å². The number of hydrogen-bond donors (Lipinski definition) is 1. The molecule has 0 saturated carbocycles. The van der Waals surface area contributed by atoms with Crippen molar-refractivity contribution < 1.29 is 19.4 Å². The Morgan fingerprint density at radius 3 is 2.73 bits per heavy atom. The van der Waals surface area contributed by atoms with E-state index in [1.54, 1.807) is 10.3 Å². The summed E-state index contributed by atoms with van der Waals surface area (Å²) in [6.07, 6.45) is -0.569. The first kappa shape index (κ1) is 18.5. The second-order valence-electron chi connectivity index (χ2n) is 6.66. The maximum Gasteiger partial charge on any atom is 0.306 e. The molecule has 1 fully saturated rings. The molecule has 1 N–H and O–H groups in total. The first-order chi connectivity index (χ1) is 12.4. The standard InChI is InChI=1S/C19H22N2O4S/c1-12(2)13-3-5-14(6-4-13)18-20-16(11-26-18)19(24)21-7-8-25-15(10-21)9-17(22)23/h3-6,11-12,15H,7-10H2,1-2H3,(H,22,23)/t15-/m0/s1. The third-order valence-corrected chi connectivity index (χ3v) is 5.27. The van der Waals surface area contributed by atoms with Gasteiger partial charge in [0.25, 0.3) is 5.91 Å². The summed E-state index contributed by atoms with van der Waals surface area (Å²) in [6.45, 7) is 5.37. The van der Waals surface area contributed by atoms with Gasteiger partial charge in [-0.1, -0.05) is 38.1 Å². The molecule has 0 bridgehead atoms. The molecule has 1 saturated heterocycles. The Morgan fingerprint density at radius 1 is 1.35 bits per heavy atom. The van der Waals surface area contributed by atoms with Gasteiger partial charge in [0.1, 0.15) is 10.7 Å². The van der Waals surface area contributed by atoms with Gasteiger partial charge in [-0.3, -0.25) is 9.59 Å². The van der Waals surface area contributed by atoms with E-state index in [4.69, 9.17) is 9.84 Å². The molecule has 1 aliphatic heterocycles. The minimum absolute atomic E-state index is 0.103. The van der Waals surface area contributed by atoms with Gasteiger partial charge in [0.2, 0.25) is 0 Å². The van der Waals surface area contributed by atoms with Gasteiger partial charge < -0.3 is 14.7 Å². The number of carboxylic acid groups (broad SMARTS) is 1. The minimum Gasteiger partial charge on any atom is -0.481 e. The maximum absolute atomic E-state index is 12.7. The van der Waals surface area contributed by atoms with E-state index in [9.17, 15) is 9.59 Å². The number of aliphatic carboxylic acids is 1. The second kappa shape index (κ2) is 7.97. The largest absolute Gasteiger partial charge is 0.481 e. The quantitative estimate of drug-likeness (QED) is 0.869. The van der Waals surface area contributed by atoms with E-state index in [1.165, 1.54) is 16.9 Å². The van der Waals surface area contributed by atoms with Crippen LogP contribution in [-0.4, -0.2) is 52.7 Å². The summed E-state index contributed by atoms with van der Waals surface area (Å²) in [5.41, 5.74) is 2.65. The molecule has 138 valence electrons. The highest BCUT2D eigenvalue weighted by Crippen LogP contribution is 2.26. The lowest BCUT2D eigenvalue weighted by Gasteiger charge is -2.31. The smallest absolute Gasteiger partial charge is 0.306 e. The van der Waals surface area contributed by atoms with Crippen molar-refractivity contribution in [3.63, 3.8) is 0 Å². The summed E-state index contributed by atoms with van der Waals surface area (Å²) in [6, 6.07) is 8.23. The summed E-state index contributed by atoms with van der Waals surface area (Å²) < 4.78 is 5.42. The van der Waals surface area contributed by atoms with Crippen LogP contribution in [0.5, 0.6) is 0 Å². The molecule has 1 amide bonds. The molecule has 0 aliphatic carbocycles. The molecule has 6 nitrogen and oxygen atoms in total. The Labute approximate surface area is 156 Å². The molecule has 0 radical (unpaired) electrons. The van der Waals surface area contributed by atoms with Crippen LogP contribution >= 0.6 is 11.3 Å². The topological polar surface area (TPSA) is 79.7 Å². The molecule has 7 heteroatoms. The van der Waals surface area contributed by atoms with Gasteiger partial charge in [-0.15, -0.1) is 11.3 Å². The molecular formula is C19H22N2O4S. The molecule has 26 heavy (non-hydrogen) atoms. The van der Waals surface area contributed by atoms with Crippen molar-refractivity contribution >= 4 is 23.2 Å². The zero-order valence-electron chi connectivity index (χ0n) is 14.8. The Morgan fingerprint density at radius 2 is 2.08 bits per heavy atom. The van der Waals surface area contributed by atoms with Gasteiger partial charge in [-0.25, -0.2) is 4.98 Å². The summed E-state index contributed by atoms with van der Waals surface area (Å²) in [5, 5.41) is 11.5. The predicted octanol–water partition coefficient (Wildman–Crippen LogP) is 3.25. The number of rotatable bonds is 5. The molecule has 1 aromatic heterocycles. The Hall–Kier alpha value is -2.25. The van der Waals surface area contributed by atoms with Gasteiger partial charge >= 0.3 is 5.97 Å². The monoisotopic (exact) mass is 374 g/mol. The highest BCUT2D eigenvalue weighted by Gasteiger charge is 2.27. The van der Waals surface area contributed by atoms with Crippen molar-refractivity contribution in [2.24, 2.45) is 0 Å². The summed E-state index contributed by atoms with van der Waals surface area (Å²) in [7, 11) is 0. The number of ether oxygens (including phenoxy) is 1. The Kier molecular flexibility index (Phi) is 5.68. The highest BCUT2D eigenvalue weighted by molar-refractivity contribution is 7.13. The number of aromatic nitrogens is 1. The normalized spacial score (nSPS) is 17.5. The number of morpholine rings is 1. The first-order valence-electron chi connectivity index (χ1n) is 8.62. The van der Waals surface area contributed by atoms with Crippen molar-refractivity contribution in [1.82, 2.24) is 9.88 Å². The van der Waals surface area contributed by atoms with Gasteiger partial charge in [0.05, 0.1) is 19.1 Å². The van der Waals surface area contributed by atoms with E-state index < -0.39 is 12.1 Å². The third-order valence-electron chi connectivity index (χ3n) is 4.38. The van der Waals surface area contributed by atoms with E-state index in [0.29, 0.717) is 24.8 Å². The van der Waals surface area contributed by atoms with Crippen LogP contribution in [-0.2, 0) is 9.53 Å². The zero-order valence-corrected chi connectivity index (χ0v) is 15.7. The number of amides is 1. The van der Waals surface area contributed by atoms with Crippen LogP contribution in [0, 0.1) is 0 Å². The van der Waals surface area contributed by atoms with Crippen molar-refractivity contribution in [2.45, 2.75) is 32.3 Å². The second-order valence-corrected chi connectivity index (χ2v) is 7.51. The molecule has 1 atom stereocenters. The van der Waals surface area contributed by atoms with E-state index in [-0.39, 0.29) is 18.9 Å². The van der Waals surface area contributed by atoms with Gasteiger partial charge in [-0.05, 0) is 11.5 Å². The number of thiazole rings is 1. The fraction of sp³-hybridized carbons (Fsp3) is 0.421. The van der Waals surface area contributed by atoms with Gasteiger partial charge in [-0.2, -0.15) is 0 Å². The number of carbonyl (C=O) groups is 2. The van der Waals surface area contributed by atoms with Crippen LogP contribution in [0.2, 0.25) is 0 Å². The van der Waals surface area contributed by atoms with E-state index >= 15 is 0 Å². The molecule has 1 aromatic carbocycles. The summed E-state index contributed by atoms with van der Waals surface area (Å²) >= 11 is 1.44. The fourth-order valence-electron chi connectivity index (χ4n) is 2.90. The van der Waals surface area contributed by atoms with E-state index in [0.717, 1.165) is 10.6 Å². The fourth-order valence-corrected chi connectivity index (χ4v) is 3.70. The molecule has 2 aromatic rings. The number of nitrogens with zero attached hydrogens (tertiary/aromatic N) is 2. The van der Waals surface area contributed by atoms with E-state index in [1.807, 2.05) is 12.1 Å². The lowest BCUT2D eigenvalue weighted by molar-refractivity contribution is -0.141. The highest BCUT2D eigenvalue weighted by atomic mass is 32.1. The molecule has 0 unspecified atom stereocenters. The van der Waals surface area contributed by atoms with Crippen LogP contribution in [0.3, 0.4) is 0 Å². The Balaban J connectivity index is 1.70. The third kappa shape index (κ3) is 4.28. The van der Waals surface area contributed by atoms with Crippen LogP contribution in [0.25, 0.3) is 10.6 Å². The number of carboxylic acids is 1. The summed E-state index contributed by atoms with van der Waals surface area (Å²) in [5.74, 6) is -0.632. The summed E-state index contributed by atoms with van der Waals surface area (Å²) in [4.78, 5) is 29.6. The number of hydrogen-bond acceptors (Lipinski definition) is 5. The van der Waals surface area contributed by atoms with E-state index in [2.05, 4.69) is 31.0 Å². The average Bonchev–Trinajstić information content (AvgIpc) is 3.11. The minimum atomic E-state index is -0.926. The van der Waals surface area contributed by atoms with Crippen molar-refractivity contribution in [1.29, 1.82) is 0 Å². The Bertz CT molecular complexity index is 785. The molecule has 3 rings (SSSR count). The van der Waals surface area contributed by atoms with Crippen LogP contribution in [0.4, 0.5) is 0 Å². The van der Waals surface area contributed by atoms with Crippen LogP contribution in [0.15, 0.2) is 29.6 Å². The van der Waals surface area contributed by atoms with Crippen molar-refractivity contribution in [3.05, 3.63) is 40.9 Å². The van der Waals surface area contributed by atoms with Crippen LogP contribution in [0.1, 0.15) is 42.2 Å². The van der Waals surface area contributed by atoms with Crippen LogP contribution < -0.4 is 0 Å². The zero-order chi connectivity index (χ0) is 18.7. The van der Waals surface area contributed by atoms with Crippen molar-refractivity contribution in [2.75, 3.05) is 19.7 Å². The number of carbonyl (C=O) groups excluding carboxylic acids is 1. The first-order valence-corrected chi connectivity index (χ1v) is 9.50. The number of benzene rings is 1. The molecular weight excluding hydrogens is 352 g/mol. The lowest BCUT2D eigenvalue weighted by atomic mass is 10.0. The lowest BCUT2D eigenvalue weighted by Crippen LogP contribution is -2.46. The maximum atomic E-state index is 12.7. The average molecular weight is 374 g/mol. The molecule has 0 spiro atoms. The molecule has 1 aliphatic rings. The molecule has 2 heterocycles. The van der Waals surface area contributed by atoms with Crippen molar-refractivity contribution in [3.8, 4) is 10.6 Å². The predicted molar refractivity (Wildman–Crippen MR) is 99.5 cm³/mol. The SMILES string of the molecule is CC(C)c1ccc(-c2nc(C(=O)N3CCO[C@@H](CC(=O)O)C3)cs2)cc1. The van der Waals surface area contributed by atoms with Gasteiger partial charge in [0, 0.05) is 24.0 Å².